The number of carboxylic acids is 1. The number of aromatic carboxylic acids is 1. The highest BCUT2D eigenvalue weighted by molar-refractivity contribution is 5.93. The van der Waals surface area contributed by atoms with E-state index in [1.807, 2.05) is 55.8 Å². The summed E-state index contributed by atoms with van der Waals surface area (Å²) in [5.74, 6) is 5.34. The Bertz CT molecular complexity index is 935. The van der Waals surface area contributed by atoms with Crippen LogP contribution in [0.5, 0.6) is 0 Å². The zero-order valence-electron chi connectivity index (χ0n) is 14.6. The van der Waals surface area contributed by atoms with E-state index < -0.39 is 5.97 Å². The van der Waals surface area contributed by atoms with Gasteiger partial charge in [-0.2, -0.15) is 0 Å². The molecular weight excluding hydrogens is 324 g/mol. The van der Waals surface area contributed by atoms with Gasteiger partial charge in [-0.25, -0.2) is 4.79 Å². The maximum Gasteiger partial charge on any atom is 0.337 e. The van der Waals surface area contributed by atoms with Crippen LogP contribution in [0.2, 0.25) is 0 Å². The number of para-hydroxylation sites is 1. The van der Waals surface area contributed by atoms with Crippen molar-refractivity contribution in [1.82, 2.24) is 9.47 Å². The van der Waals surface area contributed by atoms with Crippen molar-refractivity contribution in [3.05, 3.63) is 89.7 Å². The number of rotatable bonds is 5. The van der Waals surface area contributed by atoms with Gasteiger partial charge in [-0.1, -0.05) is 48.2 Å². The summed E-state index contributed by atoms with van der Waals surface area (Å²) in [4.78, 5) is 13.7. The number of carbonyl (C=O) groups is 1. The molecule has 0 saturated carbocycles. The Morgan fingerprint density at radius 1 is 1.04 bits per heavy atom. The summed E-state index contributed by atoms with van der Waals surface area (Å²) in [6.07, 6.45) is 3.66. The molecule has 0 unspecified atom stereocenters. The molecule has 0 saturated heterocycles. The van der Waals surface area contributed by atoms with Crippen LogP contribution in [-0.2, 0) is 6.54 Å². The summed E-state index contributed by atoms with van der Waals surface area (Å²) in [6.45, 7) is 1.41. The lowest BCUT2D eigenvalue weighted by atomic mass is 10.1. The zero-order valence-corrected chi connectivity index (χ0v) is 14.6. The molecule has 1 heterocycles. The van der Waals surface area contributed by atoms with Crippen LogP contribution in [0.1, 0.15) is 21.5 Å². The smallest absolute Gasteiger partial charge is 0.337 e. The molecule has 0 spiro atoms. The molecular formula is C22H20N2O2. The summed E-state index contributed by atoms with van der Waals surface area (Å²) in [5.41, 5.74) is 2.78. The van der Waals surface area contributed by atoms with E-state index in [-0.39, 0.29) is 5.56 Å². The first-order valence-corrected chi connectivity index (χ1v) is 8.36. The minimum Gasteiger partial charge on any atom is -0.478 e. The quantitative estimate of drug-likeness (QED) is 0.719. The van der Waals surface area contributed by atoms with Crippen LogP contribution in [0.25, 0.3) is 5.69 Å². The minimum atomic E-state index is -0.960. The number of aromatic nitrogens is 1. The molecule has 3 aromatic rings. The largest absolute Gasteiger partial charge is 0.478 e. The molecule has 3 rings (SSSR count). The van der Waals surface area contributed by atoms with Crippen LogP contribution in [-0.4, -0.2) is 34.1 Å². The fourth-order valence-corrected chi connectivity index (χ4v) is 2.80. The normalized spacial score (nSPS) is 10.4. The molecule has 4 heteroatoms. The summed E-state index contributed by atoms with van der Waals surface area (Å²) >= 11 is 0. The van der Waals surface area contributed by atoms with E-state index in [2.05, 4.69) is 28.9 Å². The Balaban J connectivity index is 1.81. The number of carboxylic acid groups (broad SMARTS) is 1. The average Bonchev–Trinajstić information content (AvgIpc) is 3.16. The average molecular weight is 344 g/mol. The van der Waals surface area contributed by atoms with E-state index in [1.54, 1.807) is 16.7 Å². The van der Waals surface area contributed by atoms with E-state index in [4.69, 9.17) is 0 Å². The summed E-state index contributed by atoms with van der Waals surface area (Å²) in [5, 5.41) is 9.50. The highest BCUT2D eigenvalue weighted by atomic mass is 16.4. The van der Waals surface area contributed by atoms with Crippen molar-refractivity contribution in [2.45, 2.75) is 6.54 Å². The van der Waals surface area contributed by atoms with Gasteiger partial charge in [0.2, 0.25) is 0 Å². The van der Waals surface area contributed by atoms with Crippen LogP contribution >= 0.6 is 0 Å². The fraction of sp³-hybridized carbons (Fsp3) is 0.136. The van der Waals surface area contributed by atoms with Crippen molar-refractivity contribution in [3.8, 4) is 17.5 Å². The van der Waals surface area contributed by atoms with Crippen LogP contribution in [0.15, 0.2) is 73.1 Å². The third kappa shape index (κ3) is 4.21. The second kappa shape index (κ2) is 8.19. The van der Waals surface area contributed by atoms with Gasteiger partial charge in [0.1, 0.15) is 0 Å². The topological polar surface area (TPSA) is 45.5 Å². The molecule has 1 aromatic heterocycles. The molecule has 0 bridgehead atoms. The molecule has 0 amide bonds. The second-order valence-electron chi connectivity index (χ2n) is 6.06. The number of hydrogen-bond donors (Lipinski definition) is 1. The van der Waals surface area contributed by atoms with Crippen molar-refractivity contribution in [2.24, 2.45) is 0 Å². The van der Waals surface area contributed by atoms with Gasteiger partial charge in [0.15, 0.2) is 0 Å². The molecule has 0 atom stereocenters. The number of hydrogen-bond acceptors (Lipinski definition) is 2. The van der Waals surface area contributed by atoms with E-state index in [9.17, 15) is 9.90 Å². The Morgan fingerprint density at radius 3 is 2.46 bits per heavy atom. The summed E-state index contributed by atoms with van der Waals surface area (Å²) in [6, 6.07) is 19.1. The SMILES string of the molecule is CN(CC#Cc1cccc(C(=O)O)c1-n1cccc1)Cc1ccccc1. The lowest BCUT2D eigenvalue weighted by molar-refractivity contribution is 0.0697. The Kier molecular flexibility index (Phi) is 5.52. The molecule has 26 heavy (non-hydrogen) atoms. The van der Waals surface area contributed by atoms with Crippen LogP contribution in [0.3, 0.4) is 0 Å². The second-order valence-corrected chi connectivity index (χ2v) is 6.06. The molecule has 0 radical (unpaired) electrons. The van der Waals surface area contributed by atoms with Crippen molar-refractivity contribution >= 4 is 5.97 Å². The molecule has 4 nitrogen and oxygen atoms in total. The third-order valence-corrected chi connectivity index (χ3v) is 4.00. The van der Waals surface area contributed by atoms with E-state index in [0.29, 0.717) is 17.8 Å². The third-order valence-electron chi connectivity index (χ3n) is 4.00. The van der Waals surface area contributed by atoms with Gasteiger partial charge >= 0.3 is 5.97 Å². The van der Waals surface area contributed by atoms with Crippen molar-refractivity contribution < 1.29 is 9.90 Å². The van der Waals surface area contributed by atoms with Gasteiger partial charge in [0, 0.05) is 24.5 Å². The number of nitrogens with zero attached hydrogens (tertiary/aromatic N) is 2. The maximum absolute atomic E-state index is 11.6. The molecule has 1 N–H and O–H groups in total. The molecule has 0 aliphatic heterocycles. The number of benzene rings is 2. The lowest BCUT2D eigenvalue weighted by Crippen LogP contribution is -2.17. The predicted molar refractivity (Wildman–Crippen MR) is 102 cm³/mol. The van der Waals surface area contributed by atoms with E-state index in [1.165, 1.54) is 5.56 Å². The molecule has 2 aromatic carbocycles. The summed E-state index contributed by atoms with van der Waals surface area (Å²) in [7, 11) is 2.02. The molecule has 0 fully saturated rings. The van der Waals surface area contributed by atoms with E-state index in [0.717, 1.165) is 6.54 Å². The Hall–Kier alpha value is -3.29. The molecule has 0 aliphatic carbocycles. The van der Waals surface area contributed by atoms with Crippen molar-refractivity contribution in [3.63, 3.8) is 0 Å². The van der Waals surface area contributed by atoms with Gasteiger partial charge in [-0.05, 0) is 36.9 Å². The minimum absolute atomic E-state index is 0.241. The molecule has 130 valence electrons. The molecule has 0 aliphatic rings. The first-order valence-electron chi connectivity index (χ1n) is 8.36. The highest BCUT2D eigenvalue weighted by Gasteiger charge is 2.14. The van der Waals surface area contributed by atoms with Gasteiger partial charge < -0.3 is 9.67 Å². The monoisotopic (exact) mass is 344 g/mol. The Labute approximate surface area is 153 Å². The van der Waals surface area contributed by atoms with Gasteiger partial charge in [-0.3, -0.25) is 4.90 Å². The van der Waals surface area contributed by atoms with Crippen LogP contribution in [0.4, 0.5) is 0 Å². The van der Waals surface area contributed by atoms with Crippen molar-refractivity contribution in [1.29, 1.82) is 0 Å². The zero-order chi connectivity index (χ0) is 18.4. The van der Waals surface area contributed by atoms with Crippen LogP contribution < -0.4 is 0 Å². The standard InChI is InChI=1S/C22H20N2O2/c1-23(17-18-9-3-2-4-10-18)14-8-12-19-11-7-13-20(22(25)26)21(19)24-15-5-6-16-24/h2-7,9-11,13,15-16H,14,17H2,1H3,(H,25,26). The maximum atomic E-state index is 11.6. The first-order chi connectivity index (χ1) is 12.6. The highest BCUT2D eigenvalue weighted by Crippen LogP contribution is 2.20. The van der Waals surface area contributed by atoms with E-state index >= 15 is 0 Å². The van der Waals surface area contributed by atoms with Crippen LogP contribution in [0, 0.1) is 11.8 Å². The van der Waals surface area contributed by atoms with Crippen molar-refractivity contribution in [2.75, 3.05) is 13.6 Å². The first kappa shape index (κ1) is 17.5. The predicted octanol–water partition coefficient (Wildman–Crippen LogP) is 3.66. The lowest BCUT2D eigenvalue weighted by Gasteiger charge is -2.13. The van der Waals surface area contributed by atoms with Gasteiger partial charge in [-0.15, -0.1) is 0 Å². The van der Waals surface area contributed by atoms with Gasteiger partial charge in [0.05, 0.1) is 17.8 Å². The van der Waals surface area contributed by atoms with Gasteiger partial charge in [0.25, 0.3) is 0 Å². The Morgan fingerprint density at radius 2 is 1.77 bits per heavy atom. The fourth-order valence-electron chi connectivity index (χ4n) is 2.80. The summed E-state index contributed by atoms with van der Waals surface area (Å²) < 4.78 is 1.79.